The van der Waals surface area contributed by atoms with Crippen LogP contribution in [0.25, 0.3) is 0 Å². The van der Waals surface area contributed by atoms with Gasteiger partial charge in [0.15, 0.2) is 0 Å². The first kappa shape index (κ1) is 41.0. The highest BCUT2D eigenvalue weighted by molar-refractivity contribution is 8.42. The van der Waals surface area contributed by atoms with Gasteiger partial charge in [-0.15, -0.1) is 23.5 Å². The van der Waals surface area contributed by atoms with Gasteiger partial charge in [0.2, 0.25) is 0 Å². The number of rotatable bonds is 28. The van der Waals surface area contributed by atoms with E-state index in [9.17, 15) is 0 Å². The van der Waals surface area contributed by atoms with Crippen LogP contribution in [-0.4, -0.2) is 11.5 Å². The zero-order valence-corrected chi connectivity index (χ0v) is 34.4. The lowest BCUT2D eigenvalue weighted by molar-refractivity contribution is 0.563. The predicted octanol–water partition coefficient (Wildman–Crippen LogP) is 16.8. The number of aryl methyl sites for hydroxylation is 1. The largest absolute Gasteiger partial charge is 0.117 e. The summed E-state index contributed by atoms with van der Waals surface area (Å²) in [5.41, 5.74) is 1.47. The van der Waals surface area contributed by atoms with E-state index in [0.29, 0.717) is 0 Å². The van der Waals surface area contributed by atoms with Crippen molar-refractivity contribution in [3.63, 3.8) is 0 Å². The third-order valence-corrected chi connectivity index (χ3v) is 17.7. The van der Waals surface area contributed by atoms with E-state index in [1.54, 1.807) is 21.9 Å². The van der Waals surface area contributed by atoms with Gasteiger partial charge in [0, 0.05) is 0 Å². The molecule has 46 heavy (non-hydrogen) atoms. The third-order valence-electron chi connectivity index (χ3n) is 8.73. The van der Waals surface area contributed by atoms with E-state index in [1.165, 1.54) is 170 Å². The van der Waals surface area contributed by atoms with Gasteiger partial charge in [0.05, 0.1) is 16.9 Å². The molecule has 2 aliphatic rings. The number of hydrogen-bond donors (Lipinski definition) is 0. The predicted molar refractivity (Wildman–Crippen MR) is 225 cm³/mol. The van der Waals surface area contributed by atoms with E-state index >= 15 is 0 Å². The van der Waals surface area contributed by atoms with E-state index in [2.05, 4.69) is 110 Å². The topological polar surface area (TPSA) is 0 Å². The van der Waals surface area contributed by atoms with Crippen molar-refractivity contribution in [1.29, 1.82) is 0 Å². The molecule has 260 valence electrons. The van der Waals surface area contributed by atoms with Crippen molar-refractivity contribution in [2.24, 2.45) is 0 Å². The summed E-state index contributed by atoms with van der Waals surface area (Å²) in [6, 6.07) is 11.0. The Balaban J connectivity index is 1.40. The molecule has 0 N–H and O–H groups in total. The van der Waals surface area contributed by atoms with Crippen LogP contribution in [0.1, 0.15) is 168 Å². The van der Waals surface area contributed by atoms with Crippen LogP contribution >= 0.6 is 70.6 Å². The minimum Gasteiger partial charge on any atom is -0.117 e. The number of thioether (sulfide) groups is 6. The lowest BCUT2D eigenvalue weighted by Crippen LogP contribution is -1.86. The zero-order valence-electron chi connectivity index (χ0n) is 29.5. The van der Waals surface area contributed by atoms with Crippen LogP contribution in [0, 0.1) is 0 Å². The first-order chi connectivity index (χ1) is 22.7. The van der Waals surface area contributed by atoms with Crippen LogP contribution < -0.4 is 0 Å². The maximum Gasteiger partial charge on any atom is 0.0717 e. The summed E-state index contributed by atoms with van der Waals surface area (Å²) >= 11 is 12.7. The van der Waals surface area contributed by atoms with Gasteiger partial charge in [-0.05, 0) is 65.9 Å². The molecule has 0 nitrogen and oxygen atoms in total. The van der Waals surface area contributed by atoms with Crippen molar-refractivity contribution in [2.75, 3.05) is 11.5 Å². The van der Waals surface area contributed by atoms with E-state index < -0.39 is 0 Å². The Kier molecular flexibility index (Phi) is 24.3. The highest BCUT2D eigenvalue weighted by atomic mass is 32.3. The SMILES string of the molecule is CCCCCCCCCCCCSC1=C(SCCCCCCCCCCCC)SC(=C2SC(C)=C(CCCc3ccccc3)S2)S1. The second-order valence-corrected chi connectivity index (χ2v) is 20.6. The van der Waals surface area contributed by atoms with Gasteiger partial charge < -0.3 is 0 Å². The molecule has 0 saturated heterocycles. The number of hydrogen-bond acceptors (Lipinski definition) is 6. The summed E-state index contributed by atoms with van der Waals surface area (Å²) in [6.45, 7) is 6.97. The highest BCUT2D eigenvalue weighted by Gasteiger charge is 2.29. The van der Waals surface area contributed by atoms with Gasteiger partial charge in [-0.25, -0.2) is 0 Å². The summed E-state index contributed by atoms with van der Waals surface area (Å²) in [4.78, 5) is 3.14. The Bertz CT molecular complexity index is 987. The van der Waals surface area contributed by atoms with Crippen molar-refractivity contribution >= 4 is 70.6 Å². The maximum absolute atomic E-state index is 2.35. The van der Waals surface area contributed by atoms with E-state index in [1.807, 2.05) is 11.8 Å². The summed E-state index contributed by atoms with van der Waals surface area (Å²) in [7, 11) is 0. The fourth-order valence-corrected chi connectivity index (χ4v) is 14.9. The van der Waals surface area contributed by atoms with Gasteiger partial charge in [-0.2, -0.15) is 0 Å². The van der Waals surface area contributed by atoms with Gasteiger partial charge in [0.1, 0.15) is 0 Å². The van der Waals surface area contributed by atoms with E-state index in [0.717, 1.165) is 0 Å². The number of unbranched alkanes of at least 4 members (excludes halogenated alkanes) is 18. The average Bonchev–Trinajstić information content (AvgIpc) is 3.65. The quantitative estimate of drug-likeness (QED) is 0.0780. The molecule has 0 bridgehead atoms. The molecule has 0 aliphatic carbocycles. The molecule has 0 aromatic heterocycles. The van der Waals surface area contributed by atoms with Gasteiger partial charge in [-0.1, -0.05) is 207 Å². The molecule has 1 aromatic carbocycles. The average molecular weight is 737 g/mol. The van der Waals surface area contributed by atoms with E-state index in [4.69, 9.17) is 0 Å². The van der Waals surface area contributed by atoms with Crippen molar-refractivity contribution in [1.82, 2.24) is 0 Å². The van der Waals surface area contributed by atoms with Crippen LogP contribution in [0.15, 0.2) is 57.1 Å². The Hall–Kier alpha value is 0.540. The maximum atomic E-state index is 2.35. The molecule has 0 radical (unpaired) electrons. The molecule has 2 heterocycles. The Morgan fingerprint density at radius 1 is 0.457 bits per heavy atom. The van der Waals surface area contributed by atoms with Crippen LogP contribution in [0.3, 0.4) is 0 Å². The van der Waals surface area contributed by atoms with Crippen LogP contribution in [0.5, 0.6) is 0 Å². The Morgan fingerprint density at radius 3 is 1.37 bits per heavy atom. The lowest BCUT2D eigenvalue weighted by atomic mass is 10.1. The fourth-order valence-electron chi connectivity index (χ4n) is 5.85. The first-order valence-electron chi connectivity index (χ1n) is 18.9. The minimum atomic E-state index is 1.18. The van der Waals surface area contributed by atoms with Crippen molar-refractivity contribution in [3.05, 3.63) is 62.7 Å². The summed E-state index contributed by atoms with van der Waals surface area (Å²) < 4.78 is 6.33. The standard InChI is InChI=1S/C40H64S6/c1-4-6-8-10-12-14-16-18-20-25-32-41-37-38(42-33-26-21-19-17-15-13-11-9-7-5-2)46-40(45-37)39-43-34(3)36(44-39)31-27-30-35-28-23-22-24-29-35/h22-24,28-29H,4-21,25-27,30-33H2,1-3H3. The second kappa shape index (κ2) is 27.3. The summed E-state index contributed by atoms with van der Waals surface area (Å²) in [5.74, 6) is 2.57. The normalized spacial score (nSPS) is 15.3. The molecule has 3 rings (SSSR count). The zero-order chi connectivity index (χ0) is 32.5. The molecule has 0 spiro atoms. The highest BCUT2D eigenvalue weighted by Crippen LogP contribution is 2.64. The molecule has 1 aromatic rings. The smallest absolute Gasteiger partial charge is 0.0717 e. The number of benzene rings is 1. The molecule has 0 saturated carbocycles. The Labute approximate surface area is 310 Å². The van der Waals surface area contributed by atoms with Gasteiger partial charge >= 0.3 is 0 Å². The third kappa shape index (κ3) is 18.0. The molecule has 0 unspecified atom stereocenters. The number of allylic oxidation sites excluding steroid dienone is 2. The molecule has 0 amide bonds. The monoisotopic (exact) mass is 736 g/mol. The van der Waals surface area contributed by atoms with Gasteiger partial charge in [-0.3, -0.25) is 0 Å². The molecule has 0 fully saturated rings. The van der Waals surface area contributed by atoms with Crippen LogP contribution in [0.4, 0.5) is 0 Å². The molecule has 2 aliphatic heterocycles. The first-order valence-corrected chi connectivity index (χ1v) is 24.1. The minimum absolute atomic E-state index is 1.18. The Morgan fingerprint density at radius 2 is 0.891 bits per heavy atom. The van der Waals surface area contributed by atoms with E-state index in [-0.39, 0.29) is 0 Å². The van der Waals surface area contributed by atoms with Crippen molar-refractivity contribution < 1.29 is 0 Å². The van der Waals surface area contributed by atoms with Gasteiger partial charge in [0.25, 0.3) is 0 Å². The fraction of sp³-hybridized carbons (Fsp3) is 0.700. The summed E-state index contributed by atoms with van der Waals surface area (Å²) in [5, 5.41) is 0. The lowest BCUT2D eigenvalue weighted by Gasteiger charge is -2.06. The molecule has 6 heteroatoms. The van der Waals surface area contributed by atoms with Crippen molar-refractivity contribution in [3.8, 4) is 0 Å². The van der Waals surface area contributed by atoms with Crippen molar-refractivity contribution in [2.45, 2.75) is 168 Å². The second-order valence-electron chi connectivity index (χ2n) is 12.9. The summed E-state index contributed by atoms with van der Waals surface area (Å²) in [6.07, 6.45) is 32.0. The van der Waals surface area contributed by atoms with Crippen LogP contribution in [-0.2, 0) is 6.42 Å². The van der Waals surface area contributed by atoms with Crippen LogP contribution in [0.2, 0.25) is 0 Å². The molecular weight excluding hydrogens is 673 g/mol. The molecule has 0 atom stereocenters. The molecular formula is C40H64S6.